The van der Waals surface area contributed by atoms with Gasteiger partial charge in [0, 0.05) is 29.1 Å². The zero-order valence-electron chi connectivity index (χ0n) is 12.3. The molecule has 1 saturated heterocycles. The third-order valence-electron chi connectivity index (χ3n) is 4.69. The summed E-state index contributed by atoms with van der Waals surface area (Å²) >= 11 is 3.60. The van der Waals surface area contributed by atoms with Crippen molar-refractivity contribution in [3.05, 3.63) is 34.3 Å². The van der Waals surface area contributed by atoms with Gasteiger partial charge in [0.15, 0.2) is 0 Å². The number of hydrogen-bond donors (Lipinski definition) is 1. The van der Waals surface area contributed by atoms with Crippen LogP contribution >= 0.6 is 15.9 Å². The maximum Gasteiger partial charge on any atom is 0.0323 e. The average molecular weight is 337 g/mol. The molecule has 3 rings (SSSR count). The third kappa shape index (κ3) is 3.63. The second-order valence-electron chi connectivity index (χ2n) is 6.31. The van der Waals surface area contributed by atoms with E-state index >= 15 is 0 Å². The number of halogens is 1. The molecule has 110 valence electrons. The SMILES string of the molecule is CC(c1cccc(Br)c1)N(CC1CCCCN1)C1CC1. The van der Waals surface area contributed by atoms with Crippen LogP contribution in [-0.2, 0) is 0 Å². The molecule has 2 aliphatic rings. The Labute approximate surface area is 131 Å². The summed E-state index contributed by atoms with van der Waals surface area (Å²) < 4.78 is 1.19. The van der Waals surface area contributed by atoms with E-state index in [-0.39, 0.29) is 0 Å². The van der Waals surface area contributed by atoms with Gasteiger partial charge in [0.1, 0.15) is 0 Å². The number of hydrogen-bond acceptors (Lipinski definition) is 2. The van der Waals surface area contributed by atoms with E-state index in [4.69, 9.17) is 0 Å². The summed E-state index contributed by atoms with van der Waals surface area (Å²) in [5, 5.41) is 3.70. The van der Waals surface area contributed by atoms with Gasteiger partial charge in [-0.05, 0) is 56.8 Å². The van der Waals surface area contributed by atoms with Gasteiger partial charge in [0.05, 0.1) is 0 Å². The molecule has 0 bridgehead atoms. The number of nitrogens with one attached hydrogen (secondary N) is 1. The van der Waals surface area contributed by atoms with Gasteiger partial charge in [-0.1, -0.05) is 34.5 Å². The lowest BCUT2D eigenvalue weighted by atomic mass is 10.0. The van der Waals surface area contributed by atoms with Crippen LogP contribution in [0.5, 0.6) is 0 Å². The van der Waals surface area contributed by atoms with Crippen LogP contribution in [0.4, 0.5) is 0 Å². The number of nitrogens with zero attached hydrogens (tertiary/aromatic N) is 1. The van der Waals surface area contributed by atoms with Crippen molar-refractivity contribution in [3.63, 3.8) is 0 Å². The van der Waals surface area contributed by atoms with Gasteiger partial charge in [-0.3, -0.25) is 4.90 Å². The minimum absolute atomic E-state index is 0.517. The highest BCUT2D eigenvalue weighted by molar-refractivity contribution is 9.10. The Morgan fingerprint density at radius 2 is 2.15 bits per heavy atom. The lowest BCUT2D eigenvalue weighted by Crippen LogP contribution is -2.45. The Bertz CT molecular complexity index is 438. The van der Waals surface area contributed by atoms with Crippen LogP contribution in [0.25, 0.3) is 0 Å². The Balaban J connectivity index is 1.69. The molecule has 1 heterocycles. The summed E-state index contributed by atoms with van der Waals surface area (Å²) in [5.74, 6) is 0. The van der Waals surface area contributed by atoms with Crippen molar-refractivity contribution in [1.82, 2.24) is 10.2 Å². The summed E-state index contributed by atoms with van der Waals surface area (Å²) in [6.45, 7) is 4.77. The van der Waals surface area contributed by atoms with Crippen molar-refractivity contribution in [2.24, 2.45) is 0 Å². The van der Waals surface area contributed by atoms with Crippen LogP contribution in [0.2, 0.25) is 0 Å². The molecule has 2 nitrogen and oxygen atoms in total. The Morgan fingerprint density at radius 1 is 1.30 bits per heavy atom. The highest BCUT2D eigenvalue weighted by atomic mass is 79.9. The molecule has 1 saturated carbocycles. The maximum absolute atomic E-state index is 3.70. The van der Waals surface area contributed by atoms with Gasteiger partial charge in [-0.15, -0.1) is 0 Å². The molecular weight excluding hydrogens is 312 g/mol. The molecule has 0 aromatic heterocycles. The normalized spacial score (nSPS) is 24.9. The van der Waals surface area contributed by atoms with E-state index in [0.29, 0.717) is 12.1 Å². The highest BCUT2D eigenvalue weighted by Crippen LogP contribution is 2.35. The third-order valence-corrected chi connectivity index (χ3v) is 5.18. The number of piperidine rings is 1. The largest absolute Gasteiger partial charge is 0.313 e. The maximum atomic E-state index is 3.70. The molecule has 1 aromatic carbocycles. The topological polar surface area (TPSA) is 15.3 Å². The van der Waals surface area contributed by atoms with Crippen molar-refractivity contribution in [2.45, 2.75) is 57.2 Å². The summed E-state index contributed by atoms with van der Waals surface area (Å²) in [6, 6.07) is 10.8. The molecule has 2 atom stereocenters. The van der Waals surface area contributed by atoms with Gasteiger partial charge < -0.3 is 5.32 Å². The summed E-state index contributed by atoms with van der Waals surface area (Å²) in [4.78, 5) is 2.73. The minimum Gasteiger partial charge on any atom is -0.313 e. The molecule has 0 spiro atoms. The van der Waals surface area contributed by atoms with Gasteiger partial charge in [0.2, 0.25) is 0 Å². The van der Waals surface area contributed by atoms with Crippen molar-refractivity contribution >= 4 is 15.9 Å². The zero-order chi connectivity index (χ0) is 13.9. The predicted octanol–water partition coefficient (Wildman–Crippen LogP) is 4.12. The summed E-state index contributed by atoms with van der Waals surface area (Å²) in [5.41, 5.74) is 1.43. The first kappa shape index (κ1) is 14.6. The molecule has 1 N–H and O–H groups in total. The van der Waals surface area contributed by atoms with Crippen LogP contribution < -0.4 is 5.32 Å². The van der Waals surface area contributed by atoms with E-state index < -0.39 is 0 Å². The Hall–Kier alpha value is -0.380. The van der Waals surface area contributed by atoms with E-state index in [1.54, 1.807) is 0 Å². The fourth-order valence-corrected chi connectivity index (χ4v) is 3.74. The van der Waals surface area contributed by atoms with Gasteiger partial charge in [0.25, 0.3) is 0 Å². The van der Waals surface area contributed by atoms with E-state index in [1.807, 2.05) is 0 Å². The van der Waals surface area contributed by atoms with Gasteiger partial charge >= 0.3 is 0 Å². The smallest absolute Gasteiger partial charge is 0.0323 e. The van der Waals surface area contributed by atoms with Crippen LogP contribution in [0, 0.1) is 0 Å². The van der Waals surface area contributed by atoms with E-state index in [9.17, 15) is 0 Å². The fourth-order valence-electron chi connectivity index (χ4n) is 3.32. The quantitative estimate of drug-likeness (QED) is 0.870. The van der Waals surface area contributed by atoms with Crippen molar-refractivity contribution in [2.75, 3.05) is 13.1 Å². The highest BCUT2D eigenvalue weighted by Gasteiger charge is 2.34. The average Bonchev–Trinajstić information content (AvgIpc) is 3.30. The molecule has 0 radical (unpaired) electrons. The second kappa shape index (κ2) is 6.59. The first-order chi connectivity index (χ1) is 9.74. The Kier molecular flexibility index (Phi) is 4.79. The lowest BCUT2D eigenvalue weighted by Gasteiger charge is -2.35. The van der Waals surface area contributed by atoms with Gasteiger partial charge in [-0.2, -0.15) is 0 Å². The van der Waals surface area contributed by atoms with Crippen LogP contribution in [0.3, 0.4) is 0 Å². The molecule has 3 heteroatoms. The standard InChI is InChI=1S/C17H25BrN2/c1-13(14-5-4-6-15(18)11-14)20(17-8-9-17)12-16-7-2-3-10-19-16/h4-6,11,13,16-17,19H,2-3,7-10,12H2,1H3. The number of benzene rings is 1. The van der Waals surface area contributed by atoms with Crippen LogP contribution in [-0.4, -0.2) is 30.1 Å². The van der Waals surface area contributed by atoms with Crippen molar-refractivity contribution < 1.29 is 0 Å². The van der Waals surface area contributed by atoms with E-state index in [1.165, 1.54) is 55.2 Å². The first-order valence-electron chi connectivity index (χ1n) is 7.98. The molecule has 1 aliphatic carbocycles. The lowest BCUT2D eigenvalue weighted by molar-refractivity contribution is 0.167. The molecule has 2 unspecified atom stereocenters. The zero-order valence-corrected chi connectivity index (χ0v) is 13.9. The van der Waals surface area contributed by atoms with E-state index in [0.717, 1.165) is 6.04 Å². The van der Waals surface area contributed by atoms with E-state index in [2.05, 4.69) is 57.3 Å². The predicted molar refractivity (Wildman–Crippen MR) is 87.9 cm³/mol. The molecule has 1 aliphatic heterocycles. The molecular formula is C17H25BrN2. The molecule has 1 aromatic rings. The summed E-state index contributed by atoms with van der Waals surface area (Å²) in [7, 11) is 0. The number of rotatable bonds is 5. The fraction of sp³-hybridized carbons (Fsp3) is 0.647. The van der Waals surface area contributed by atoms with Gasteiger partial charge in [-0.25, -0.2) is 0 Å². The summed E-state index contributed by atoms with van der Waals surface area (Å²) in [6.07, 6.45) is 6.84. The molecule has 2 fully saturated rings. The first-order valence-corrected chi connectivity index (χ1v) is 8.78. The van der Waals surface area contributed by atoms with Crippen LogP contribution in [0.1, 0.15) is 50.6 Å². The second-order valence-corrected chi connectivity index (χ2v) is 7.22. The van der Waals surface area contributed by atoms with Crippen molar-refractivity contribution in [1.29, 1.82) is 0 Å². The molecule has 20 heavy (non-hydrogen) atoms. The van der Waals surface area contributed by atoms with Crippen LogP contribution in [0.15, 0.2) is 28.7 Å². The minimum atomic E-state index is 0.517. The monoisotopic (exact) mass is 336 g/mol. The molecule has 0 amide bonds. The Morgan fingerprint density at radius 3 is 2.80 bits per heavy atom. The van der Waals surface area contributed by atoms with Crippen molar-refractivity contribution in [3.8, 4) is 0 Å².